The highest BCUT2D eigenvalue weighted by molar-refractivity contribution is 5.76. The summed E-state index contributed by atoms with van der Waals surface area (Å²) >= 11 is 0. The van der Waals surface area contributed by atoms with Crippen molar-refractivity contribution >= 4 is 5.91 Å². The van der Waals surface area contributed by atoms with Crippen LogP contribution >= 0.6 is 0 Å². The van der Waals surface area contributed by atoms with Crippen LogP contribution in [-0.2, 0) is 4.79 Å². The summed E-state index contributed by atoms with van der Waals surface area (Å²) in [6.45, 7) is 4.43. The highest BCUT2D eigenvalue weighted by Gasteiger charge is 2.24. The molecule has 1 rings (SSSR count). The minimum atomic E-state index is 0.0956. The lowest BCUT2D eigenvalue weighted by atomic mass is 10.2. The van der Waals surface area contributed by atoms with Crippen molar-refractivity contribution in [1.82, 2.24) is 4.90 Å². The third-order valence-electron chi connectivity index (χ3n) is 2.96. The molecule has 3 nitrogen and oxygen atoms in total. The highest BCUT2D eigenvalue weighted by atomic mass is 16.3. The number of nitrogens with zero attached hydrogens (tertiary/aromatic N) is 1. The molecule has 0 aromatic rings. The van der Waals surface area contributed by atoms with Crippen LogP contribution in [0, 0.1) is 0 Å². The lowest BCUT2D eigenvalue weighted by Gasteiger charge is -2.27. The van der Waals surface area contributed by atoms with Crippen molar-refractivity contribution in [2.24, 2.45) is 0 Å². The number of amides is 1. The van der Waals surface area contributed by atoms with Gasteiger partial charge in [0.05, 0.1) is 0 Å². The number of hydrogen-bond donors (Lipinski definition) is 1. The molecule has 0 radical (unpaired) electrons. The molecule has 1 amide bonds. The fraction of sp³-hybridized carbons (Fsp3) is 0.750. The molecule has 0 unspecified atom stereocenters. The molecule has 0 aliphatic heterocycles. The van der Waals surface area contributed by atoms with Crippen LogP contribution in [-0.4, -0.2) is 35.1 Å². The topological polar surface area (TPSA) is 40.5 Å². The first-order valence-corrected chi connectivity index (χ1v) is 5.80. The van der Waals surface area contributed by atoms with Gasteiger partial charge < -0.3 is 10.0 Å². The first kappa shape index (κ1) is 12.2. The zero-order chi connectivity index (χ0) is 11.1. The van der Waals surface area contributed by atoms with E-state index in [-0.39, 0.29) is 12.5 Å². The molecule has 0 heterocycles. The molecular formula is C12H21NO2. The van der Waals surface area contributed by atoms with Gasteiger partial charge in [-0.05, 0) is 19.3 Å². The second-order valence-electron chi connectivity index (χ2n) is 4.10. The molecule has 1 N–H and O–H groups in total. The minimum absolute atomic E-state index is 0.0956. The third kappa shape index (κ3) is 3.67. The Bertz CT molecular complexity index is 210. The van der Waals surface area contributed by atoms with Crippen LogP contribution in [0.5, 0.6) is 0 Å². The molecule has 0 spiro atoms. The molecule has 0 saturated heterocycles. The molecule has 15 heavy (non-hydrogen) atoms. The average Bonchev–Trinajstić information content (AvgIpc) is 2.75. The molecular weight excluding hydrogens is 190 g/mol. The van der Waals surface area contributed by atoms with Crippen molar-refractivity contribution in [3.05, 3.63) is 12.7 Å². The summed E-state index contributed by atoms with van der Waals surface area (Å²) in [6.07, 6.45) is 7.52. The maximum atomic E-state index is 11.8. The normalized spacial score (nSPS) is 16.6. The van der Waals surface area contributed by atoms with Gasteiger partial charge in [-0.25, -0.2) is 0 Å². The molecule has 0 aromatic heterocycles. The lowest BCUT2D eigenvalue weighted by molar-refractivity contribution is -0.133. The first-order valence-electron chi connectivity index (χ1n) is 5.80. The van der Waals surface area contributed by atoms with Crippen LogP contribution in [0.3, 0.4) is 0 Å². The van der Waals surface area contributed by atoms with Gasteiger partial charge in [0.25, 0.3) is 0 Å². The van der Waals surface area contributed by atoms with E-state index in [4.69, 9.17) is 5.11 Å². The molecule has 1 aliphatic carbocycles. The standard InChI is InChI=1S/C12H21NO2/c1-2-9-13(11-6-3-4-7-11)12(15)8-5-10-14/h2,11,14H,1,3-10H2. The molecule has 1 saturated carbocycles. The summed E-state index contributed by atoms with van der Waals surface area (Å²) in [5.41, 5.74) is 0. The van der Waals surface area contributed by atoms with E-state index < -0.39 is 0 Å². The number of carbonyl (C=O) groups excluding carboxylic acids is 1. The summed E-state index contributed by atoms with van der Waals surface area (Å²) in [4.78, 5) is 13.8. The summed E-state index contributed by atoms with van der Waals surface area (Å²) in [7, 11) is 0. The molecule has 86 valence electrons. The number of hydrogen-bond acceptors (Lipinski definition) is 2. The largest absolute Gasteiger partial charge is 0.396 e. The molecule has 1 fully saturated rings. The van der Waals surface area contributed by atoms with Crippen molar-refractivity contribution in [2.75, 3.05) is 13.2 Å². The van der Waals surface area contributed by atoms with E-state index in [9.17, 15) is 4.79 Å². The van der Waals surface area contributed by atoms with Crippen molar-refractivity contribution in [3.63, 3.8) is 0 Å². The van der Waals surface area contributed by atoms with E-state index in [0.717, 1.165) is 12.8 Å². The van der Waals surface area contributed by atoms with Crippen LogP contribution in [0.1, 0.15) is 38.5 Å². The fourth-order valence-electron chi connectivity index (χ4n) is 2.18. The van der Waals surface area contributed by atoms with Gasteiger partial charge in [-0.1, -0.05) is 18.9 Å². The summed E-state index contributed by atoms with van der Waals surface area (Å²) in [5, 5.41) is 8.70. The van der Waals surface area contributed by atoms with Gasteiger partial charge in [-0.15, -0.1) is 6.58 Å². The maximum Gasteiger partial charge on any atom is 0.223 e. The second kappa shape index (κ2) is 6.62. The smallest absolute Gasteiger partial charge is 0.223 e. The molecule has 1 aliphatic rings. The number of aliphatic hydroxyl groups excluding tert-OH is 1. The average molecular weight is 211 g/mol. The second-order valence-corrected chi connectivity index (χ2v) is 4.10. The quantitative estimate of drug-likeness (QED) is 0.679. The lowest BCUT2D eigenvalue weighted by Crippen LogP contribution is -2.38. The van der Waals surface area contributed by atoms with E-state index in [1.54, 1.807) is 6.08 Å². The van der Waals surface area contributed by atoms with E-state index in [0.29, 0.717) is 25.4 Å². The highest BCUT2D eigenvalue weighted by Crippen LogP contribution is 2.24. The molecule has 3 heteroatoms. The fourth-order valence-corrected chi connectivity index (χ4v) is 2.18. The van der Waals surface area contributed by atoms with E-state index in [2.05, 4.69) is 6.58 Å². The number of rotatable bonds is 6. The zero-order valence-corrected chi connectivity index (χ0v) is 9.32. The van der Waals surface area contributed by atoms with Crippen LogP contribution < -0.4 is 0 Å². The Morgan fingerprint density at radius 1 is 1.47 bits per heavy atom. The Morgan fingerprint density at radius 2 is 2.13 bits per heavy atom. The Hall–Kier alpha value is -0.830. The number of carbonyl (C=O) groups is 1. The van der Waals surface area contributed by atoms with Gasteiger partial charge in [0.15, 0.2) is 0 Å². The van der Waals surface area contributed by atoms with Gasteiger partial charge >= 0.3 is 0 Å². The molecule has 0 bridgehead atoms. The van der Waals surface area contributed by atoms with Crippen molar-refractivity contribution < 1.29 is 9.90 Å². The zero-order valence-electron chi connectivity index (χ0n) is 9.32. The van der Waals surface area contributed by atoms with Crippen molar-refractivity contribution in [3.8, 4) is 0 Å². The maximum absolute atomic E-state index is 11.8. The van der Waals surface area contributed by atoms with Crippen molar-refractivity contribution in [2.45, 2.75) is 44.6 Å². The van der Waals surface area contributed by atoms with E-state index >= 15 is 0 Å². The number of aliphatic hydroxyl groups is 1. The minimum Gasteiger partial charge on any atom is -0.396 e. The van der Waals surface area contributed by atoms with Crippen LogP contribution in [0.15, 0.2) is 12.7 Å². The van der Waals surface area contributed by atoms with Crippen molar-refractivity contribution in [1.29, 1.82) is 0 Å². The molecule has 0 atom stereocenters. The molecule has 0 aromatic carbocycles. The monoisotopic (exact) mass is 211 g/mol. The Kier molecular flexibility index (Phi) is 5.40. The van der Waals surface area contributed by atoms with Crippen LogP contribution in [0.4, 0.5) is 0 Å². The van der Waals surface area contributed by atoms with Gasteiger partial charge in [-0.3, -0.25) is 4.79 Å². The Balaban J connectivity index is 2.47. The van der Waals surface area contributed by atoms with Crippen LogP contribution in [0.2, 0.25) is 0 Å². The summed E-state index contributed by atoms with van der Waals surface area (Å²) < 4.78 is 0. The van der Waals surface area contributed by atoms with Gasteiger partial charge in [-0.2, -0.15) is 0 Å². The van der Waals surface area contributed by atoms with Crippen LogP contribution in [0.25, 0.3) is 0 Å². The van der Waals surface area contributed by atoms with E-state index in [1.165, 1.54) is 12.8 Å². The van der Waals surface area contributed by atoms with E-state index in [1.807, 2.05) is 4.90 Å². The van der Waals surface area contributed by atoms with Gasteiger partial charge in [0.1, 0.15) is 0 Å². The first-order chi connectivity index (χ1) is 7.29. The predicted molar refractivity (Wildman–Crippen MR) is 60.5 cm³/mol. The summed E-state index contributed by atoms with van der Waals surface area (Å²) in [5.74, 6) is 0.163. The Morgan fingerprint density at radius 3 is 2.67 bits per heavy atom. The predicted octanol–water partition coefficient (Wildman–Crippen LogP) is 1.72. The SMILES string of the molecule is C=CCN(C(=O)CCCO)C1CCCC1. The Labute approximate surface area is 91.8 Å². The summed E-state index contributed by atoms with van der Waals surface area (Å²) in [6, 6.07) is 0.411. The van der Waals surface area contributed by atoms with Gasteiger partial charge in [0.2, 0.25) is 5.91 Å². The third-order valence-corrected chi connectivity index (χ3v) is 2.96. The van der Waals surface area contributed by atoms with Gasteiger partial charge in [0, 0.05) is 25.6 Å².